The quantitative estimate of drug-likeness (QED) is 0.214. The van der Waals surface area contributed by atoms with Gasteiger partial charge in [-0.1, -0.05) is 45.4 Å². The average molecular weight is 357 g/mol. The zero-order chi connectivity index (χ0) is 17.3. The van der Waals surface area contributed by atoms with Gasteiger partial charge in [0.2, 0.25) is 0 Å². The molecule has 1 saturated heterocycles. The zero-order valence-corrected chi connectivity index (χ0v) is 16.4. The summed E-state index contributed by atoms with van der Waals surface area (Å²) in [5.41, 5.74) is 0. The van der Waals surface area contributed by atoms with Crippen LogP contribution in [0.2, 0.25) is 0 Å². The minimum atomic E-state index is 0.00674. The molecule has 24 heavy (non-hydrogen) atoms. The van der Waals surface area contributed by atoms with Gasteiger partial charge in [-0.2, -0.15) is 0 Å². The molecule has 2 unspecified atom stereocenters. The molecule has 0 aromatic heterocycles. The van der Waals surface area contributed by atoms with Crippen LogP contribution in [-0.4, -0.2) is 24.9 Å². The molecule has 0 aliphatic carbocycles. The van der Waals surface area contributed by atoms with E-state index in [0.717, 1.165) is 44.6 Å². The van der Waals surface area contributed by atoms with E-state index in [1.807, 2.05) is 0 Å². The number of rotatable bonds is 13. The largest absolute Gasteiger partial charge is 0.353 e. The van der Waals surface area contributed by atoms with Crippen LogP contribution in [0.4, 0.5) is 0 Å². The Morgan fingerprint density at radius 2 is 1.88 bits per heavy atom. The van der Waals surface area contributed by atoms with Crippen LogP contribution in [0.1, 0.15) is 96.8 Å². The molecular formula is C21H37ClO2. The highest BCUT2D eigenvalue weighted by Gasteiger charge is 2.19. The van der Waals surface area contributed by atoms with E-state index in [-0.39, 0.29) is 12.4 Å². The van der Waals surface area contributed by atoms with Gasteiger partial charge in [-0.25, -0.2) is 0 Å². The summed E-state index contributed by atoms with van der Waals surface area (Å²) >= 11 is 5.69. The number of hydrogen-bond acceptors (Lipinski definition) is 2. The van der Waals surface area contributed by atoms with E-state index < -0.39 is 0 Å². The number of halogens is 1. The highest BCUT2D eigenvalue weighted by atomic mass is 35.5. The second kappa shape index (κ2) is 16.2. The molecule has 0 radical (unpaired) electrons. The molecule has 1 aliphatic rings. The lowest BCUT2D eigenvalue weighted by Gasteiger charge is -2.27. The summed E-state index contributed by atoms with van der Waals surface area (Å²) in [6.45, 7) is 3.10. The molecule has 2 atom stereocenters. The maximum Gasteiger partial charge on any atom is 0.157 e. The second-order valence-corrected chi connectivity index (χ2v) is 7.19. The lowest BCUT2D eigenvalue weighted by atomic mass is 10.1. The Morgan fingerprint density at radius 3 is 2.62 bits per heavy atom. The van der Waals surface area contributed by atoms with E-state index in [1.165, 1.54) is 57.8 Å². The molecule has 0 N–H and O–H groups in total. The van der Waals surface area contributed by atoms with Crippen molar-refractivity contribution < 1.29 is 9.47 Å². The fourth-order valence-corrected chi connectivity index (χ4v) is 3.17. The molecule has 0 aromatic carbocycles. The Labute approximate surface area is 155 Å². The summed E-state index contributed by atoms with van der Waals surface area (Å²) in [6, 6.07) is 0. The molecule has 0 amide bonds. The summed E-state index contributed by atoms with van der Waals surface area (Å²) in [5, 5.41) is 0. The van der Waals surface area contributed by atoms with Crippen molar-refractivity contribution in [3.8, 4) is 11.8 Å². The highest BCUT2D eigenvalue weighted by Crippen LogP contribution is 2.19. The van der Waals surface area contributed by atoms with Gasteiger partial charge in [0.05, 0.1) is 6.10 Å². The van der Waals surface area contributed by atoms with Crippen LogP contribution >= 0.6 is 11.6 Å². The second-order valence-electron chi connectivity index (χ2n) is 6.81. The third kappa shape index (κ3) is 12.2. The van der Waals surface area contributed by atoms with Crippen LogP contribution in [0.5, 0.6) is 0 Å². The smallest absolute Gasteiger partial charge is 0.157 e. The van der Waals surface area contributed by atoms with Gasteiger partial charge in [0.25, 0.3) is 0 Å². The predicted octanol–water partition coefficient (Wildman–Crippen LogP) is 6.45. The lowest BCUT2D eigenvalue weighted by molar-refractivity contribution is -0.188. The van der Waals surface area contributed by atoms with Crippen molar-refractivity contribution in [1.29, 1.82) is 0 Å². The van der Waals surface area contributed by atoms with Crippen molar-refractivity contribution in [2.45, 2.75) is 109 Å². The highest BCUT2D eigenvalue weighted by molar-refractivity contribution is 6.17. The SMILES string of the molecule is CCCCCCC(CC#CCCCCCCCl)OC1CCCCO1. The van der Waals surface area contributed by atoms with Crippen molar-refractivity contribution in [3.63, 3.8) is 0 Å². The van der Waals surface area contributed by atoms with Crippen LogP contribution in [0.25, 0.3) is 0 Å². The minimum absolute atomic E-state index is 0.00674. The van der Waals surface area contributed by atoms with Crippen LogP contribution in [0.3, 0.4) is 0 Å². The molecule has 1 fully saturated rings. The van der Waals surface area contributed by atoms with Gasteiger partial charge in [0.15, 0.2) is 6.29 Å². The summed E-state index contributed by atoms with van der Waals surface area (Å²) in [7, 11) is 0. The van der Waals surface area contributed by atoms with Crippen LogP contribution in [0.15, 0.2) is 0 Å². The molecule has 0 aromatic rings. The van der Waals surface area contributed by atoms with Crippen molar-refractivity contribution in [2.75, 3.05) is 12.5 Å². The molecule has 1 rings (SSSR count). The minimum Gasteiger partial charge on any atom is -0.353 e. The third-order valence-corrected chi connectivity index (χ3v) is 4.77. The lowest BCUT2D eigenvalue weighted by Crippen LogP contribution is -2.27. The predicted molar refractivity (Wildman–Crippen MR) is 103 cm³/mol. The van der Waals surface area contributed by atoms with E-state index in [0.29, 0.717) is 0 Å². The van der Waals surface area contributed by atoms with Crippen molar-refractivity contribution >= 4 is 11.6 Å². The summed E-state index contributed by atoms with van der Waals surface area (Å²) in [5.74, 6) is 7.46. The van der Waals surface area contributed by atoms with Crippen molar-refractivity contribution in [2.24, 2.45) is 0 Å². The monoisotopic (exact) mass is 356 g/mol. The fraction of sp³-hybridized carbons (Fsp3) is 0.905. The van der Waals surface area contributed by atoms with E-state index in [9.17, 15) is 0 Å². The van der Waals surface area contributed by atoms with Crippen LogP contribution < -0.4 is 0 Å². The van der Waals surface area contributed by atoms with E-state index in [4.69, 9.17) is 21.1 Å². The van der Waals surface area contributed by atoms with Gasteiger partial charge in [0.1, 0.15) is 0 Å². The zero-order valence-electron chi connectivity index (χ0n) is 15.7. The third-order valence-electron chi connectivity index (χ3n) is 4.50. The number of hydrogen-bond donors (Lipinski definition) is 0. The first-order chi connectivity index (χ1) is 11.9. The Hall–Kier alpha value is -0.230. The molecule has 1 heterocycles. The standard InChI is InChI=1S/C21H37ClO2/c1-2-3-4-10-15-20(24-21-17-12-14-19-23-21)16-11-8-6-5-7-9-13-18-22/h20-21H,2-7,9-10,12-19H2,1H3. The first kappa shape index (κ1) is 21.8. The van der Waals surface area contributed by atoms with Crippen LogP contribution in [-0.2, 0) is 9.47 Å². The first-order valence-corrected chi connectivity index (χ1v) is 10.7. The summed E-state index contributed by atoms with van der Waals surface area (Å²) in [4.78, 5) is 0. The molecule has 0 bridgehead atoms. The molecule has 2 nitrogen and oxygen atoms in total. The van der Waals surface area contributed by atoms with Gasteiger partial charge >= 0.3 is 0 Å². The number of unbranched alkanes of at least 4 members (excludes halogenated alkanes) is 7. The van der Waals surface area contributed by atoms with E-state index >= 15 is 0 Å². The molecule has 0 spiro atoms. The molecular weight excluding hydrogens is 320 g/mol. The summed E-state index contributed by atoms with van der Waals surface area (Å²) < 4.78 is 11.9. The topological polar surface area (TPSA) is 18.5 Å². The number of alkyl halides is 1. The molecule has 140 valence electrons. The van der Waals surface area contributed by atoms with Gasteiger partial charge < -0.3 is 9.47 Å². The van der Waals surface area contributed by atoms with Gasteiger partial charge in [-0.05, 0) is 38.5 Å². The Kier molecular flexibility index (Phi) is 14.8. The van der Waals surface area contributed by atoms with E-state index in [1.54, 1.807) is 0 Å². The number of ether oxygens (including phenoxy) is 2. The maximum absolute atomic E-state index is 6.19. The van der Waals surface area contributed by atoms with Crippen molar-refractivity contribution in [3.05, 3.63) is 0 Å². The maximum atomic E-state index is 6.19. The molecule has 0 saturated carbocycles. The van der Waals surface area contributed by atoms with Crippen molar-refractivity contribution in [1.82, 2.24) is 0 Å². The van der Waals surface area contributed by atoms with E-state index in [2.05, 4.69) is 18.8 Å². The van der Waals surface area contributed by atoms with Gasteiger partial charge in [-0.15, -0.1) is 23.4 Å². The van der Waals surface area contributed by atoms with Gasteiger partial charge in [-0.3, -0.25) is 0 Å². The Bertz CT molecular complexity index is 328. The molecule has 1 aliphatic heterocycles. The van der Waals surface area contributed by atoms with Gasteiger partial charge in [0, 0.05) is 25.3 Å². The summed E-state index contributed by atoms with van der Waals surface area (Å²) in [6.07, 6.45) is 16.6. The average Bonchev–Trinajstić information content (AvgIpc) is 2.61. The Morgan fingerprint density at radius 1 is 1.04 bits per heavy atom. The first-order valence-electron chi connectivity index (χ1n) is 10.2. The molecule has 3 heteroatoms. The normalized spacial score (nSPS) is 18.8. The van der Waals surface area contributed by atoms with Crippen LogP contribution in [0, 0.1) is 11.8 Å². The fourth-order valence-electron chi connectivity index (χ4n) is 2.99. The Balaban J connectivity index is 2.23.